The molecular formula is C12H9BrN2O3. The second-order valence-corrected chi connectivity index (χ2v) is 4.42. The van der Waals surface area contributed by atoms with E-state index in [1.807, 2.05) is 24.3 Å². The Balaban J connectivity index is 2.30. The molecule has 0 aliphatic heterocycles. The second-order valence-electron chi connectivity index (χ2n) is 3.56. The van der Waals surface area contributed by atoms with Crippen molar-refractivity contribution >= 4 is 33.0 Å². The van der Waals surface area contributed by atoms with Crippen molar-refractivity contribution in [2.24, 2.45) is 0 Å². The third-order valence-electron chi connectivity index (χ3n) is 2.34. The van der Waals surface area contributed by atoms with Crippen molar-refractivity contribution in [2.75, 3.05) is 5.32 Å². The number of nitrogens with zero attached hydrogens (tertiary/aromatic N) is 1. The van der Waals surface area contributed by atoms with Gasteiger partial charge in [0.1, 0.15) is 5.75 Å². The summed E-state index contributed by atoms with van der Waals surface area (Å²) in [6.07, 6.45) is 0. The van der Waals surface area contributed by atoms with Gasteiger partial charge < -0.3 is 10.4 Å². The lowest BCUT2D eigenvalue weighted by Crippen LogP contribution is -1.93. The van der Waals surface area contributed by atoms with Crippen LogP contribution in [0.15, 0.2) is 46.9 Å². The molecule has 2 N–H and O–H groups in total. The monoisotopic (exact) mass is 308 g/mol. The molecule has 0 saturated carbocycles. The fourth-order valence-electron chi connectivity index (χ4n) is 1.45. The molecule has 0 saturated heterocycles. The molecule has 0 heterocycles. The summed E-state index contributed by atoms with van der Waals surface area (Å²) < 4.78 is 0.836. The van der Waals surface area contributed by atoms with Crippen LogP contribution in [-0.4, -0.2) is 10.0 Å². The summed E-state index contributed by atoms with van der Waals surface area (Å²) in [4.78, 5) is 9.99. The molecule has 0 atom stereocenters. The van der Waals surface area contributed by atoms with Gasteiger partial charge in [-0.1, -0.05) is 12.1 Å². The molecule has 0 aliphatic carbocycles. The van der Waals surface area contributed by atoms with Gasteiger partial charge in [-0.3, -0.25) is 10.1 Å². The number of anilines is 2. The van der Waals surface area contributed by atoms with E-state index in [-0.39, 0.29) is 11.4 Å². The van der Waals surface area contributed by atoms with Crippen LogP contribution in [0, 0.1) is 10.1 Å². The van der Waals surface area contributed by atoms with Crippen molar-refractivity contribution in [3.05, 3.63) is 57.1 Å². The summed E-state index contributed by atoms with van der Waals surface area (Å²) in [5.41, 5.74) is 1.03. The number of hydrogen-bond donors (Lipinski definition) is 2. The van der Waals surface area contributed by atoms with E-state index in [4.69, 9.17) is 0 Å². The Morgan fingerprint density at radius 3 is 2.50 bits per heavy atom. The lowest BCUT2D eigenvalue weighted by Gasteiger charge is -2.09. The van der Waals surface area contributed by atoms with Gasteiger partial charge >= 0.3 is 0 Å². The lowest BCUT2D eigenvalue weighted by molar-refractivity contribution is -0.384. The largest absolute Gasteiger partial charge is 0.506 e. The smallest absolute Gasteiger partial charge is 0.273 e. The topological polar surface area (TPSA) is 75.4 Å². The minimum Gasteiger partial charge on any atom is -0.506 e. The summed E-state index contributed by atoms with van der Waals surface area (Å²) in [5.74, 6) is -0.167. The normalized spacial score (nSPS) is 10.1. The summed E-state index contributed by atoms with van der Waals surface area (Å²) in [7, 11) is 0. The first-order valence-corrected chi connectivity index (χ1v) is 5.86. The van der Waals surface area contributed by atoms with E-state index in [9.17, 15) is 15.2 Å². The van der Waals surface area contributed by atoms with Gasteiger partial charge in [0.2, 0.25) is 0 Å². The third kappa shape index (κ3) is 2.60. The molecule has 6 heteroatoms. The number of benzene rings is 2. The predicted molar refractivity (Wildman–Crippen MR) is 72.2 cm³/mol. The van der Waals surface area contributed by atoms with Crippen LogP contribution in [0.5, 0.6) is 5.75 Å². The van der Waals surface area contributed by atoms with Crippen LogP contribution in [0.3, 0.4) is 0 Å². The standard InChI is InChI=1S/C12H9BrN2O3/c13-9-3-1-2-4-10(9)14-11-6-5-8(15(17)18)7-12(11)16/h1-7,14,16H. The van der Waals surface area contributed by atoms with Gasteiger partial charge in [-0.15, -0.1) is 0 Å². The first-order chi connectivity index (χ1) is 8.58. The average molecular weight is 309 g/mol. The molecule has 0 fully saturated rings. The zero-order valence-corrected chi connectivity index (χ0v) is 10.7. The highest BCUT2D eigenvalue weighted by Gasteiger charge is 2.10. The molecule has 2 aromatic carbocycles. The average Bonchev–Trinajstić information content (AvgIpc) is 2.34. The van der Waals surface area contributed by atoms with Crippen LogP contribution >= 0.6 is 15.9 Å². The van der Waals surface area contributed by atoms with Crippen LogP contribution < -0.4 is 5.32 Å². The van der Waals surface area contributed by atoms with E-state index in [1.165, 1.54) is 12.1 Å². The summed E-state index contributed by atoms with van der Waals surface area (Å²) >= 11 is 3.36. The minimum absolute atomic E-state index is 0.148. The molecule has 0 unspecified atom stereocenters. The maximum Gasteiger partial charge on any atom is 0.273 e. The number of phenolic OH excluding ortho intramolecular Hbond substituents is 1. The Kier molecular flexibility index (Phi) is 3.47. The van der Waals surface area contributed by atoms with Gasteiger partial charge in [-0.25, -0.2) is 0 Å². The van der Waals surface area contributed by atoms with Crippen molar-refractivity contribution in [3.8, 4) is 5.75 Å². The first-order valence-electron chi connectivity index (χ1n) is 5.07. The maximum absolute atomic E-state index is 10.5. The Morgan fingerprint density at radius 1 is 1.17 bits per heavy atom. The van der Waals surface area contributed by atoms with Gasteiger partial charge in [-0.2, -0.15) is 0 Å². The number of nitro groups is 1. The molecule has 0 radical (unpaired) electrons. The molecule has 5 nitrogen and oxygen atoms in total. The van der Waals surface area contributed by atoms with Gasteiger partial charge in [-0.05, 0) is 34.1 Å². The zero-order valence-electron chi connectivity index (χ0n) is 9.13. The van der Waals surface area contributed by atoms with Crippen molar-refractivity contribution in [1.82, 2.24) is 0 Å². The van der Waals surface area contributed by atoms with Gasteiger partial charge in [0, 0.05) is 10.5 Å². The highest BCUT2D eigenvalue weighted by Crippen LogP contribution is 2.32. The van der Waals surface area contributed by atoms with Crippen LogP contribution in [0.2, 0.25) is 0 Å². The SMILES string of the molecule is O=[N+]([O-])c1ccc(Nc2ccccc2Br)c(O)c1. The number of hydrogen-bond acceptors (Lipinski definition) is 4. The quantitative estimate of drug-likeness (QED) is 0.513. The van der Waals surface area contributed by atoms with Gasteiger partial charge in [0.25, 0.3) is 5.69 Å². The number of halogens is 1. The highest BCUT2D eigenvalue weighted by molar-refractivity contribution is 9.10. The van der Waals surface area contributed by atoms with E-state index in [0.717, 1.165) is 16.2 Å². The Bertz CT molecular complexity index is 602. The zero-order chi connectivity index (χ0) is 13.1. The predicted octanol–water partition coefficient (Wildman–Crippen LogP) is 3.81. The summed E-state index contributed by atoms with van der Waals surface area (Å²) in [6, 6.07) is 11.3. The van der Waals surface area contributed by atoms with E-state index < -0.39 is 4.92 Å². The highest BCUT2D eigenvalue weighted by atomic mass is 79.9. The van der Waals surface area contributed by atoms with Crippen molar-refractivity contribution in [3.63, 3.8) is 0 Å². The second kappa shape index (κ2) is 5.05. The van der Waals surface area contributed by atoms with E-state index in [0.29, 0.717) is 5.69 Å². The van der Waals surface area contributed by atoms with E-state index in [2.05, 4.69) is 21.2 Å². The number of phenols is 1. The van der Waals surface area contributed by atoms with Gasteiger partial charge in [0.05, 0.1) is 22.4 Å². The number of rotatable bonds is 3. The van der Waals surface area contributed by atoms with Crippen LogP contribution in [-0.2, 0) is 0 Å². The fourth-order valence-corrected chi connectivity index (χ4v) is 1.83. The van der Waals surface area contributed by atoms with Crippen molar-refractivity contribution in [2.45, 2.75) is 0 Å². The number of nitrogens with one attached hydrogen (secondary N) is 1. The van der Waals surface area contributed by atoms with Crippen LogP contribution in [0.25, 0.3) is 0 Å². The summed E-state index contributed by atoms with van der Waals surface area (Å²) in [5, 5.41) is 23.2. The molecule has 0 spiro atoms. The molecule has 92 valence electrons. The molecular weight excluding hydrogens is 300 g/mol. The Hall–Kier alpha value is -2.08. The third-order valence-corrected chi connectivity index (χ3v) is 3.03. The maximum atomic E-state index is 10.5. The minimum atomic E-state index is -0.554. The number of non-ortho nitro benzene ring substituents is 1. The number of para-hydroxylation sites is 1. The molecule has 0 bridgehead atoms. The van der Waals surface area contributed by atoms with Crippen molar-refractivity contribution in [1.29, 1.82) is 0 Å². The van der Waals surface area contributed by atoms with Crippen LogP contribution in [0.1, 0.15) is 0 Å². The molecule has 2 aromatic rings. The van der Waals surface area contributed by atoms with Crippen molar-refractivity contribution < 1.29 is 10.0 Å². The molecule has 0 aliphatic rings. The first kappa shape index (κ1) is 12.4. The van der Waals surface area contributed by atoms with E-state index in [1.54, 1.807) is 0 Å². The van der Waals surface area contributed by atoms with Crippen LogP contribution in [0.4, 0.5) is 17.1 Å². The van der Waals surface area contributed by atoms with Gasteiger partial charge in [0.15, 0.2) is 0 Å². The number of nitro benzene ring substituents is 1. The van der Waals surface area contributed by atoms with E-state index >= 15 is 0 Å². The Labute approximate surface area is 111 Å². The molecule has 0 aromatic heterocycles. The molecule has 0 amide bonds. The lowest BCUT2D eigenvalue weighted by atomic mass is 10.2. The Morgan fingerprint density at radius 2 is 1.89 bits per heavy atom. The fraction of sp³-hybridized carbons (Fsp3) is 0. The molecule has 18 heavy (non-hydrogen) atoms. The number of aromatic hydroxyl groups is 1. The summed E-state index contributed by atoms with van der Waals surface area (Å²) in [6.45, 7) is 0. The molecule has 2 rings (SSSR count).